The summed E-state index contributed by atoms with van der Waals surface area (Å²) in [6.07, 6.45) is -0.876. The zero-order valence-corrected chi connectivity index (χ0v) is 18.3. The van der Waals surface area contributed by atoms with Gasteiger partial charge in [0.15, 0.2) is 23.0 Å². The van der Waals surface area contributed by atoms with Gasteiger partial charge < -0.3 is 33.5 Å². The van der Waals surface area contributed by atoms with Crippen LogP contribution in [0.15, 0.2) is 48.6 Å². The number of hydrogen-bond acceptors (Lipinski definition) is 7. The summed E-state index contributed by atoms with van der Waals surface area (Å²) >= 11 is 0. The first kappa shape index (κ1) is 21.1. The lowest BCUT2D eigenvalue weighted by Gasteiger charge is -2.20. The molecule has 3 heterocycles. The molecule has 0 amide bonds. The van der Waals surface area contributed by atoms with E-state index in [1.807, 2.05) is 36.4 Å². The molecule has 3 aliphatic heterocycles. The lowest BCUT2D eigenvalue weighted by atomic mass is 9.85. The van der Waals surface area contributed by atoms with Gasteiger partial charge in [0.2, 0.25) is 6.79 Å². The average molecular weight is 440 g/mol. The number of aliphatic hydroxyl groups excluding tert-OH is 1. The van der Waals surface area contributed by atoms with Crippen molar-refractivity contribution in [2.24, 2.45) is 11.8 Å². The van der Waals surface area contributed by atoms with Crippen molar-refractivity contribution >= 4 is 0 Å². The van der Waals surface area contributed by atoms with Gasteiger partial charge in [-0.15, -0.1) is 0 Å². The summed E-state index contributed by atoms with van der Waals surface area (Å²) in [5, 5.41) is 10.0. The van der Waals surface area contributed by atoms with Gasteiger partial charge in [0, 0.05) is 11.8 Å². The quantitative estimate of drug-likeness (QED) is 0.656. The normalized spacial score (nSPS) is 26.6. The Morgan fingerprint density at radius 2 is 1.66 bits per heavy atom. The van der Waals surface area contributed by atoms with E-state index in [2.05, 4.69) is 6.58 Å². The predicted octanol–water partition coefficient (Wildman–Crippen LogP) is 3.81. The van der Waals surface area contributed by atoms with Crippen molar-refractivity contribution in [2.45, 2.75) is 25.2 Å². The van der Waals surface area contributed by atoms with Crippen molar-refractivity contribution < 1.29 is 33.5 Å². The van der Waals surface area contributed by atoms with Crippen molar-refractivity contribution in [1.82, 2.24) is 0 Å². The van der Waals surface area contributed by atoms with Crippen LogP contribution < -0.4 is 18.9 Å². The summed E-state index contributed by atoms with van der Waals surface area (Å²) < 4.78 is 34.7. The number of rotatable bonds is 7. The second-order valence-electron chi connectivity index (χ2n) is 8.53. The lowest BCUT2D eigenvalue weighted by Crippen LogP contribution is -2.18. The van der Waals surface area contributed by atoms with E-state index in [1.54, 1.807) is 14.0 Å². The molecule has 0 radical (unpaired) electrons. The van der Waals surface area contributed by atoms with Gasteiger partial charge in [-0.1, -0.05) is 18.7 Å². The number of methoxy groups -OCH3 is 1. The molecule has 5 atom stereocenters. The van der Waals surface area contributed by atoms with Crippen LogP contribution in [0.5, 0.6) is 23.0 Å². The van der Waals surface area contributed by atoms with Gasteiger partial charge in [-0.05, 0) is 47.9 Å². The highest BCUT2D eigenvalue weighted by Crippen LogP contribution is 2.51. The molecule has 0 spiro atoms. The molecule has 5 rings (SSSR count). The fourth-order valence-electron chi connectivity index (χ4n) is 4.62. The number of ether oxygens (including phenoxy) is 6. The van der Waals surface area contributed by atoms with E-state index in [0.29, 0.717) is 30.3 Å². The molecular formula is C25H28O7. The van der Waals surface area contributed by atoms with Gasteiger partial charge in [-0.25, -0.2) is 0 Å². The third kappa shape index (κ3) is 3.81. The van der Waals surface area contributed by atoms with E-state index in [0.717, 1.165) is 22.6 Å². The van der Waals surface area contributed by atoms with E-state index >= 15 is 0 Å². The molecule has 7 heteroatoms. The van der Waals surface area contributed by atoms with E-state index < -0.39 is 6.10 Å². The zero-order valence-electron chi connectivity index (χ0n) is 18.3. The molecule has 32 heavy (non-hydrogen) atoms. The zero-order chi connectivity index (χ0) is 22.2. The first-order chi connectivity index (χ1) is 15.5. The summed E-state index contributed by atoms with van der Waals surface area (Å²) in [7, 11) is 1.60. The minimum atomic E-state index is -0.735. The number of aliphatic hydroxyl groups is 1. The lowest BCUT2D eigenvalue weighted by molar-refractivity contribution is 0.0191. The molecule has 0 bridgehead atoms. The summed E-state index contributed by atoms with van der Waals surface area (Å²) in [5.74, 6) is 3.19. The smallest absolute Gasteiger partial charge is 0.231 e. The fraction of sp³-hybridized carbons (Fsp3) is 0.440. The van der Waals surface area contributed by atoms with Gasteiger partial charge in [-0.2, -0.15) is 0 Å². The molecule has 7 nitrogen and oxygen atoms in total. The highest BCUT2D eigenvalue weighted by Gasteiger charge is 2.48. The van der Waals surface area contributed by atoms with Crippen LogP contribution in [0.2, 0.25) is 0 Å². The highest BCUT2D eigenvalue weighted by molar-refractivity contribution is 5.46. The molecule has 2 aromatic rings. The predicted molar refractivity (Wildman–Crippen MR) is 116 cm³/mol. The van der Waals surface area contributed by atoms with Crippen LogP contribution in [-0.2, 0) is 9.47 Å². The van der Waals surface area contributed by atoms with E-state index in [4.69, 9.17) is 28.4 Å². The van der Waals surface area contributed by atoms with Gasteiger partial charge in [0.05, 0.1) is 32.5 Å². The highest BCUT2D eigenvalue weighted by atomic mass is 16.7. The summed E-state index contributed by atoms with van der Waals surface area (Å²) in [4.78, 5) is 0. The van der Waals surface area contributed by atoms with Crippen molar-refractivity contribution in [1.29, 1.82) is 0 Å². The van der Waals surface area contributed by atoms with E-state index in [9.17, 15) is 5.11 Å². The molecule has 0 aliphatic carbocycles. The SMILES string of the molecule is C=C(C)C(O)COc1cc([C@H]2OC[C@H]3[C@@H]2CO[C@@H]3c2ccc3c(c2)OCO3)ccc1OC. The molecule has 170 valence electrons. The molecule has 3 aliphatic rings. The van der Waals surface area contributed by atoms with Gasteiger partial charge in [0.25, 0.3) is 0 Å². The summed E-state index contributed by atoms with van der Waals surface area (Å²) in [6, 6.07) is 11.8. The first-order valence-corrected chi connectivity index (χ1v) is 10.8. The van der Waals surface area contributed by atoms with E-state index in [1.165, 1.54) is 0 Å². The number of fused-ring (bicyclic) bond motifs is 2. The third-order valence-corrected chi connectivity index (χ3v) is 6.47. The van der Waals surface area contributed by atoms with Gasteiger partial charge in [-0.3, -0.25) is 0 Å². The van der Waals surface area contributed by atoms with Crippen LogP contribution in [0.4, 0.5) is 0 Å². The molecule has 2 aromatic carbocycles. The second kappa shape index (κ2) is 8.65. The average Bonchev–Trinajstić information content (AvgIpc) is 3.52. The minimum absolute atomic E-state index is 0.0424. The topological polar surface area (TPSA) is 75.6 Å². The summed E-state index contributed by atoms with van der Waals surface area (Å²) in [5.41, 5.74) is 2.74. The van der Waals surface area contributed by atoms with Crippen LogP contribution in [0, 0.1) is 11.8 Å². The molecular weight excluding hydrogens is 412 g/mol. The maximum atomic E-state index is 10.0. The molecule has 2 saturated heterocycles. The van der Waals surface area contributed by atoms with E-state index in [-0.39, 0.29) is 37.4 Å². The van der Waals surface area contributed by atoms with Crippen LogP contribution in [0.25, 0.3) is 0 Å². The Bertz CT molecular complexity index is 1000. The summed E-state index contributed by atoms with van der Waals surface area (Å²) in [6.45, 7) is 7.14. The Morgan fingerprint density at radius 3 is 2.34 bits per heavy atom. The standard InChI is InChI=1S/C25H28O7/c1-14(2)19(26)12-28-22-8-15(4-6-20(22)27-3)24-17-10-30-25(18(17)11-29-24)16-5-7-21-23(9-16)32-13-31-21/h4-9,17-19,24-26H,1,10-13H2,2-3H3/t17-,18-,19?,24+,25+/m0/s1. The first-order valence-electron chi connectivity index (χ1n) is 10.8. The monoisotopic (exact) mass is 440 g/mol. The fourth-order valence-corrected chi connectivity index (χ4v) is 4.62. The van der Waals surface area contributed by atoms with Crippen molar-refractivity contribution in [3.63, 3.8) is 0 Å². The minimum Gasteiger partial charge on any atom is -0.493 e. The van der Waals surface area contributed by atoms with Crippen molar-refractivity contribution in [3.05, 3.63) is 59.7 Å². The largest absolute Gasteiger partial charge is 0.493 e. The van der Waals surface area contributed by atoms with Crippen LogP contribution in [-0.4, -0.2) is 44.9 Å². The molecule has 1 N–H and O–H groups in total. The molecule has 2 fully saturated rings. The number of hydrogen-bond donors (Lipinski definition) is 1. The number of benzene rings is 2. The molecule has 0 saturated carbocycles. The maximum Gasteiger partial charge on any atom is 0.231 e. The van der Waals surface area contributed by atoms with Crippen molar-refractivity contribution in [2.75, 3.05) is 33.7 Å². The van der Waals surface area contributed by atoms with Gasteiger partial charge >= 0.3 is 0 Å². The Labute approximate surface area is 187 Å². The van der Waals surface area contributed by atoms with Crippen molar-refractivity contribution in [3.8, 4) is 23.0 Å². The molecule has 0 aromatic heterocycles. The Kier molecular flexibility index (Phi) is 5.71. The second-order valence-corrected chi connectivity index (χ2v) is 8.53. The van der Waals surface area contributed by atoms with Crippen LogP contribution in [0.1, 0.15) is 30.3 Å². The maximum absolute atomic E-state index is 10.0. The molecule has 1 unspecified atom stereocenters. The Morgan fingerprint density at radius 1 is 1.00 bits per heavy atom. The van der Waals surface area contributed by atoms with Crippen LogP contribution >= 0.6 is 0 Å². The van der Waals surface area contributed by atoms with Crippen LogP contribution in [0.3, 0.4) is 0 Å². The third-order valence-electron chi connectivity index (χ3n) is 6.47. The Hall–Kier alpha value is -2.74. The Balaban J connectivity index is 1.33. The van der Waals surface area contributed by atoms with Gasteiger partial charge in [0.1, 0.15) is 12.7 Å².